The molecule has 0 aromatic heterocycles. The number of benzene rings is 2. The molecule has 1 fully saturated rings. The van der Waals surface area contributed by atoms with Gasteiger partial charge in [-0.3, -0.25) is 9.59 Å². The van der Waals surface area contributed by atoms with E-state index in [0.29, 0.717) is 25.9 Å². The van der Waals surface area contributed by atoms with Crippen LogP contribution >= 0.6 is 0 Å². The third kappa shape index (κ3) is 3.30. The van der Waals surface area contributed by atoms with Gasteiger partial charge in [0.25, 0.3) is 5.91 Å². The third-order valence-corrected chi connectivity index (χ3v) is 4.49. The lowest BCUT2D eigenvalue weighted by Gasteiger charge is -2.30. The number of primary amides is 1. The smallest absolute Gasteiger partial charge is 0.256 e. The molecule has 0 aliphatic carbocycles. The molecule has 2 aromatic carbocycles. The number of likely N-dealkylation sites (tertiary alicyclic amines) is 1. The summed E-state index contributed by atoms with van der Waals surface area (Å²) in [4.78, 5) is 25.5. The molecule has 1 aliphatic rings. The Labute approximate surface area is 140 Å². The normalized spacial score (nSPS) is 15.3. The number of hydrogen-bond acceptors (Lipinski definition) is 2. The molecule has 0 saturated carbocycles. The van der Waals surface area contributed by atoms with Crippen molar-refractivity contribution in [3.63, 3.8) is 0 Å². The minimum atomic E-state index is -0.531. The first-order valence-corrected chi connectivity index (χ1v) is 8.00. The van der Waals surface area contributed by atoms with Gasteiger partial charge in [-0.25, -0.2) is 4.39 Å². The van der Waals surface area contributed by atoms with Gasteiger partial charge in [0, 0.05) is 19.0 Å². The molecule has 4 nitrogen and oxygen atoms in total. The van der Waals surface area contributed by atoms with E-state index in [9.17, 15) is 14.0 Å². The monoisotopic (exact) mass is 326 g/mol. The first-order valence-electron chi connectivity index (χ1n) is 8.00. The van der Waals surface area contributed by atoms with Crippen LogP contribution in [-0.2, 0) is 4.79 Å². The SMILES string of the molecule is NC(=O)C1CCN(C(=O)c2cc(-c3ccccc3)ccc2F)CC1. The van der Waals surface area contributed by atoms with Gasteiger partial charge in [0.15, 0.2) is 0 Å². The molecule has 0 unspecified atom stereocenters. The molecule has 2 N–H and O–H groups in total. The Morgan fingerprint density at radius 3 is 2.29 bits per heavy atom. The highest BCUT2D eigenvalue weighted by Gasteiger charge is 2.27. The highest BCUT2D eigenvalue weighted by atomic mass is 19.1. The topological polar surface area (TPSA) is 63.4 Å². The number of piperidine rings is 1. The van der Waals surface area contributed by atoms with E-state index < -0.39 is 5.82 Å². The minimum absolute atomic E-state index is 0.0638. The van der Waals surface area contributed by atoms with Gasteiger partial charge in [-0.2, -0.15) is 0 Å². The minimum Gasteiger partial charge on any atom is -0.369 e. The van der Waals surface area contributed by atoms with Crippen LogP contribution < -0.4 is 5.73 Å². The molecule has 0 radical (unpaired) electrons. The second-order valence-electron chi connectivity index (χ2n) is 6.03. The van der Waals surface area contributed by atoms with Gasteiger partial charge in [-0.05, 0) is 36.1 Å². The van der Waals surface area contributed by atoms with E-state index in [1.54, 1.807) is 17.0 Å². The van der Waals surface area contributed by atoms with Crippen LogP contribution in [0.1, 0.15) is 23.2 Å². The molecule has 5 heteroatoms. The fourth-order valence-corrected chi connectivity index (χ4v) is 3.04. The molecule has 3 rings (SSSR count). The predicted octanol–water partition coefficient (Wildman–Crippen LogP) is 2.83. The lowest BCUT2D eigenvalue weighted by molar-refractivity contribution is -0.123. The van der Waals surface area contributed by atoms with Crippen molar-refractivity contribution in [2.75, 3.05) is 13.1 Å². The average Bonchev–Trinajstić information content (AvgIpc) is 2.62. The molecule has 24 heavy (non-hydrogen) atoms. The molecule has 1 heterocycles. The molecule has 2 aromatic rings. The number of hydrogen-bond donors (Lipinski definition) is 1. The summed E-state index contributed by atoms with van der Waals surface area (Å²) in [5.41, 5.74) is 7.10. The second-order valence-corrected chi connectivity index (χ2v) is 6.03. The highest BCUT2D eigenvalue weighted by Crippen LogP contribution is 2.24. The van der Waals surface area contributed by atoms with Crippen LogP contribution in [0, 0.1) is 11.7 Å². The van der Waals surface area contributed by atoms with Crippen molar-refractivity contribution >= 4 is 11.8 Å². The van der Waals surface area contributed by atoms with Gasteiger partial charge in [0.1, 0.15) is 5.82 Å². The zero-order chi connectivity index (χ0) is 17.1. The number of carbonyl (C=O) groups is 2. The number of nitrogens with two attached hydrogens (primary N) is 1. The summed E-state index contributed by atoms with van der Waals surface area (Å²) in [5.74, 6) is -1.40. The van der Waals surface area contributed by atoms with E-state index in [2.05, 4.69) is 0 Å². The highest BCUT2D eigenvalue weighted by molar-refractivity contribution is 5.96. The number of carbonyl (C=O) groups excluding carboxylic acids is 2. The Balaban J connectivity index is 1.81. The molecule has 0 atom stereocenters. The van der Waals surface area contributed by atoms with Gasteiger partial charge in [0.05, 0.1) is 5.56 Å². The summed E-state index contributed by atoms with van der Waals surface area (Å²) in [6, 6.07) is 14.1. The molecule has 1 aliphatic heterocycles. The van der Waals surface area contributed by atoms with Gasteiger partial charge >= 0.3 is 0 Å². The zero-order valence-corrected chi connectivity index (χ0v) is 13.2. The lowest BCUT2D eigenvalue weighted by Crippen LogP contribution is -2.42. The van der Waals surface area contributed by atoms with Crippen LogP contribution in [0.5, 0.6) is 0 Å². The van der Waals surface area contributed by atoms with Gasteiger partial charge in [-0.1, -0.05) is 36.4 Å². The van der Waals surface area contributed by atoms with Crippen LogP contribution in [0.3, 0.4) is 0 Å². The molecule has 1 saturated heterocycles. The van der Waals surface area contributed by atoms with Crippen LogP contribution in [0.25, 0.3) is 11.1 Å². The number of rotatable bonds is 3. The third-order valence-electron chi connectivity index (χ3n) is 4.49. The van der Waals surface area contributed by atoms with E-state index in [4.69, 9.17) is 5.73 Å². The number of halogens is 1. The maximum absolute atomic E-state index is 14.2. The van der Waals surface area contributed by atoms with Crippen molar-refractivity contribution < 1.29 is 14.0 Å². The van der Waals surface area contributed by atoms with Crippen LogP contribution in [0.15, 0.2) is 48.5 Å². The van der Waals surface area contributed by atoms with Gasteiger partial charge in [-0.15, -0.1) is 0 Å². The first-order chi connectivity index (χ1) is 11.6. The van der Waals surface area contributed by atoms with Crippen molar-refractivity contribution in [1.29, 1.82) is 0 Å². The Kier molecular flexibility index (Phi) is 4.60. The Morgan fingerprint density at radius 1 is 1.00 bits per heavy atom. The molecule has 2 amide bonds. The van der Waals surface area contributed by atoms with Crippen molar-refractivity contribution in [3.8, 4) is 11.1 Å². The summed E-state index contributed by atoms with van der Waals surface area (Å²) in [7, 11) is 0. The first kappa shape index (κ1) is 16.2. The number of amides is 2. The number of nitrogens with zero attached hydrogens (tertiary/aromatic N) is 1. The molecular formula is C19H19FN2O2. The van der Waals surface area contributed by atoms with Crippen LogP contribution in [-0.4, -0.2) is 29.8 Å². The summed E-state index contributed by atoms with van der Waals surface area (Å²) >= 11 is 0. The summed E-state index contributed by atoms with van der Waals surface area (Å²) < 4.78 is 14.2. The fraction of sp³-hybridized carbons (Fsp3) is 0.263. The van der Waals surface area contributed by atoms with E-state index in [-0.39, 0.29) is 23.3 Å². The summed E-state index contributed by atoms with van der Waals surface area (Å²) in [6.45, 7) is 0.836. The Hall–Kier alpha value is -2.69. The van der Waals surface area contributed by atoms with Crippen LogP contribution in [0.2, 0.25) is 0 Å². The molecule has 124 valence electrons. The summed E-state index contributed by atoms with van der Waals surface area (Å²) in [6.07, 6.45) is 1.06. The quantitative estimate of drug-likeness (QED) is 0.942. The lowest BCUT2D eigenvalue weighted by atomic mass is 9.95. The van der Waals surface area contributed by atoms with Gasteiger partial charge in [0.2, 0.25) is 5.91 Å². The average molecular weight is 326 g/mol. The van der Waals surface area contributed by atoms with Gasteiger partial charge < -0.3 is 10.6 Å². The van der Waals surface area contributed by atoms with E-state index >= 15 is 0 Å². The second kappa shape index (κ2) is 6.83. The maximum atomic E-state index is 14.2. The standard InChI is InChI=1S/C19H19FN2O2/c20-17-7-6-15(13-4-2-1-3-5-13)12-16(17)19(24)22-10-8-14(9-11-22)18(21)23/h1-7,12,14H,8-11H2,(H2,21,23). The Morgan fingerprint density at radius 2 is 1.67 bits per heavy atom. The van der Waals surface area contributed by atoms with Crippen molar-refractivity contribution in [2.45, 2.75) is 12.8 Å². The Bertz CT molecular complexity index is 753. The maximum Gasteiger partial charge on any atom is 0.256 e. The zero-order valence-electron chi connectivity index (χ0n) is 13.2. The van der Waals surface area contributed by atoms with Crippen LogP contribution in [0.4, 0.5) is 4.39 Å². The van der Waals surface area contributed by atoms with Crippen molar-refractivity contribution in [1.82, 2.24) is 4.90 Å². The summed E-state index contributed by atoms with van der Waals surface area (Å²) in [5, 5.41) is 0. The molecule has 0 spiro atoms. The van der Waals surface area contributed by atoms with E-state index in [1.807, 2.05) is 30.3 Å². The largest absolute Gasteiger partial charge is 0.369 e. The van der Waals surface area contributed by atoms with E-state index in [1.165, 1.54) is 6.07 Å². The fourth-order valence-electron chi connectivity index (χ4n) is 3.04. The molecular weight excluding hydrogens is 307 g/mol. The van der Waals surface area contributed by atoms with Crippen molar-refractivity contribution in [3.05, 3.63) is 59.9 Å². The van der Waals surface area contributed by atoms with E-state index in [0.717, 1.165) is 11.1 Å². The van der Waals surface area contributed by atoms with Crippen molar-refractivity contribution in [2.24, 2.45) is 11.7 Å². The molecule has 0 bridgehead atoms. The predicted molar refractivity (Wildman–Crippen MR) is 89.7 cm³/mol.